The van der Waals surface area contributed by atoms with Gasteiger partial charge in [0.05, 0.1) is 11.4 Å². The summed E-state index contributed by atoms with van der Waals surface area (Å²) in [5.74, 6) is 0.425. The highest BCUT2D eigenvalue weighted by Crippen LogP contribution is 2.24. The van der Waals surface area contributed by atoms with Crippen LogP contribution in [0.4, 0.5) is 0 Å². The van der Waals surface area contributed by atoms with E-state index in [4.69, 9.17) is 11.6 Å². The molecule has 0 atom stereocenters. The number of benzene rings is 2. The van der Waals surface area contributed by atoms with Crippen LogP contribution in [0, 0.1) is 0 Å². The Balaban J connectivity index is 1.48. The minimum atomic E-state index is -0.334. The van der Waals surface area contributed by atoms with Crippen molar-refractivity contribution in [1.29, 1.82) is 0 Å². The molecule has 0 spiro atoms. The van der Waals surface area contributed by atoms with Crippen LogP contribution in [0.3, 0.4) is 0 Å². The Bertz CT molecular complexity index is 1300. The number of amides is 1. The first-order valence-electron chi connectivity index (χ1n) is 10.1. The first-order valence-corrected chi connectivity index (χ1v) is 11.5. The Morgan fingerprint density at radius 1 is 1.16 bits per heavy atom. The maximum atomic E-state index is 12.3. The first kappa shape index (κ1) is 22.1. The van der Waals surface area contributed by atoms with E-state index < -0.39 is 0 Å². The Morgan fingerprint density at radius 3 is 2.56 bits per heavy atom. The quantitative estimate of drug-likeness (QED) is 0.396. The van der Waals surface area contributed by atoms with E-state index in [2.05, 4.69) is 46.6 Å². The summed E-state index contributed by atoms with van der Waals surface area (Å²) in [7, 11) is 0. The third-order valence-corrected chi connectivity index (χ3v) is 6.17. The zero-order valence-electron chi connectivity index (χ0n) is 17.6. The van der Waals surface area contributed by atoms with E-state index in [0.29, 0.717) is 33.9 Å². The van der Waals surface area contributed by atoms with Crippen LogP contribution in [0.25, 0.3) is 16.8 Å². The van der Waals surface area contributed by atoms with Gasteiger partial charge in [0, 0.05) is 17.1 Å². The largest absolute Gasteiger partial charge is 0.351 e. The molecule has 0 aliphatic carbocycles. The van der Waals surface area contributed by atoms with Gasteiger partial charge in [-0.1, -0.05) is 73.6 Å². The van der Waals surface area contributed by atoms with Gasteiger partial charge < -0.3 is 5.32 Å². The second-order valence-corrected chi connectivity index (χ2v) is 9.01. The molecule has 0 saturated heterocycles. The van der Waals surface area contributed by atoms with E-state index in [1.807, 2.05) is 24.3 Å². The van der Waals surface area contributed by atoms with E-state index >= 15 is 0 Å². The van der Waals surface area contributed by atoms with Crippen molar-refractivity contribution in [1.82, 2.24) is 25.1 Å². The van der Waals surface area contributed by atoms with Crippen LogP contribution in [0.15, 0.2) is 64.5 Å². The summed E-state index contributed by atoms with van der Waals surface area (Å²) in [5.41, 5.74) is 3.82. The maximum absolute atomic E-state index is 12.3. The Morgan fingerprint density at radius 2 is 1.88 bits per heavy atom. The van der Waals surface area contributed by atoms with Crippen LogP contribution < -0.4 is 10.9 Å². The van der Waals surface area contributed by atoms with Gasteiger partial charge in [0.25, 0.3) is 5.56 Å². The van der Waals surface area contributed by atoms with E-state index in [-0.39, 0.29) is 17.2 Å². The van der Waals surface area contributed by atoms with Crippen molar-refractivity contribution in [2.45, 2.75) is 31.5 Å². The molecule has 0 fully saturated rings. The molecule has 32 heavy (non-hydrogen) atoms. The predicted octanol–water partition coefficient (Wildman–Crippen LogP) is 4.27. The molecule has 2 aromatic heterocycles. The van der Waals surface area contributed by atoms with Gasteiger partial charge in [0.15, 0.2) is 0 Å². The molecule has 0 aliphatic rings. The zero-order valence-corrected chi connectivity index (χ0v) is 19.2. The average Bonchev–Trinajstić information content (AvgIpc) is 3.25. The summed E-state index contributed by atoms with van der Waals surface area (Å²) in [6.45, 7) is 4.68. The summed E-state index contributed by atoms with van der Waals surface area (Å²) in [4.78, 5) is 24.5. The van der Waals surface area contributed by atoms with E-state index in [9.17, 15) is 9.59 Å². The smallest absolute Gasteiger partial charge is 0.290 e. The molecule has 4 aromatic rings. The molecule has 4 rings (SSSR count). The van der Waals surface area contributed by atoms with Crippen LogP contribution in [0.1, 0.15) is 30.9 Å². The van der Waals surface area contributed by atoms with Gasteiger partial charge in [-0.25, -0.2) is 9.61 Å². The topological polar surface area (TPSA) is 92.1 Å². The maximum Gasteiger partial charge on any atom is 0.290 e. The number of carbonyl (C=O) groups is 1. The number of thioether (sulfide) groups is 1. The SMILES string of the molecule is CC(C)c1ccc(-c2cc3c(=O)[nH]nc(SCC(=O)NCc4ccc(Cl)cc4)n3n2)cc1. The van der Waals surface area contributed by atoms with Crippen molar-refractivity contribution in [3.05, 3.63) is 81.1 Å². The molecule has 1 amide bonds. The van der Waals surface area contributed by atoms with Gasteiger partial charge in [-0.3, -0.25) is 9.59 Å². The normalized spacial score (nSPS) is 11.2. The molecule has 2 aromatic carbocycles. The fraction of sp³-hybridized carbons (Fsp3) is 0.217. The highest BCUT2D eigenvalue weighted by atomic mass is 35.5. The molecule has 0 aliphatic heterocycles. The summed E-state index contributed by atoms with van der Waals surface area (Å²) < 4.78 is 1.49. The third-order valence-electron chi connectivity index (χ3n) is 4.98. The molecule has 7 nitrogen and oxygen atoms in total. The highest BCUT2D eigenvalue weighted by Gasteiger charge is 2.14. The predicted molar refractivity (Wildman–Crippen MR) is 127 cm³/mol. The van der Waals surface area contributed by atoms with Gasteiger partial charge >= 0.3 is 0 Å². The van der Waals surface area contributed by atoms with Gasteiger partial charge in [0.1, 0.15) is 5.52 Å². The molecule has 2 heterocycles. The van der Waals surface area contributed by atoms with E-state index in [0.717, 1.165) is 11.1 Å². The first-order chi connectivity index (χ1) is 15.4. The number of aromatic nitrogens is 4. The van der Waals surface area contributed by atoms with E-state index in [1.165, 1.54) is 21.8 Å². The minimum absolute atomic E-state index is 0.139. The lowest BCUT2D eigenvalue weighted by molar-refractivity contribution is -0.118. The summed E-state index contributed by atoms with van der Waals surface area (Å²) in [6, 6.07) is 17.1. The molecule has 9 heteroatoms. The van der Waals surface area contributed by atoms with Crippen molar-refractivity contribution in [3.63, 3.8) is 0 Å². The second kappa shape index (κ2) is 9.58. The van der Waals surface area contributed by atoms with Crippen molar-refractivity contribution in [2.75, 3.05) is 5.75 Å². The van der Waals surface area contributed by atoms with Crippen molar-refractivity contribution in [2.24, 2.45) is 0 Å². The van der Waals surface area contributed by atoms with Crippen molar-refractivity contribution in [3.8, 4) is 11.3 Å². The Labute approximate surface area is 194 Å². The Kier molecular flexibility index (Phi) is 6.62. The fourth-order valence-electron chi connectivity index (χ4n) is 3.15. The second-order valence-electron chi connectivity index (χ2n) is 7.63. The lowest BCUT2D eigenvalue weighted by Crippen LogP contribution is -2.25. The molecule has 0 saturated carbocycles. The average molecular weight is 468 g/mol. The summed E-state index contributed by atoms with van der Waals surface area (Å²) in [5, 5.41) is 15.1. The molecule has 164 valence electrons. The molecule has 0 radical (unpaired) electrons. The number of halogens is 1. The number of hydrogen-bond acceptors (Lipinski definition) is 5. The van der Waals surface area contributed by atoms with Crippen molar-refractivity contribution < 1.29 is 4.79 Å². The van der Waals surface area contributed by atoms with Crippen LogP contribution in [0.2, 0.25) is 5.02 Å². The number of rotatable bonds is 7. The monoisotopic (exact) mass is 467 g/mol. The highest BCUT2D eigenvalue weighted by molar-refractivity contribution is 7.99. The molecule has 0 bridgehead atoms. The van der Waals surface area contributed by atoms with Gasteiger partial charge in [-0.05, 0) is 35.2 Å². The van der Waals surface area contributed by atoms with Crippen LogP contribution in [0.5, 0.6) is 0 Å². The zero-order chi connectivity index (χ0) is 22.7. The molecular formula is C23H22ClN5O2S. The molecule has 2 N–H and O–H groups in total. The molecular weight excluding hydrogens is 446 g/mol. The van der Waals surface area contributed by atoms with Crippen molar-refractivity contribution >= 4 is 34.8 Å². The Hall–Kier alpha value is -3.10. The van der Waals surface area contributed by atoms with Crippen LogP contribution >= 0.6 is 23.4 Å². The lowest BCUT2D eigenvalue weighted by Gasteiger charge is -2.06. The van der Waals surface area contributed by atoms with Crippen LogP contribution in [-0.4, -0.2) is 31.5 Å². The number of fused-ring (bicyclic) bond motifs is 1. The van der Waals surface area contributed by atoms with Gasteiger partial charge in [0.2, 0.25) is 11.1 Å². The standard InChI is InChI=1S/C23H22ClN5O2S/c1-14(2)16-5-7-17(8-6-16)19-11-20-22(31)26-27-23(29(20)28-19)32-13-21(30)25-12-15-3-9-18(24)10-4-15/h3-11,14H,12-13H2,1-2H3,(H,25,30)(H,26,31). The minimum Gasteiger partial charge on any atom is -0.351 e. The third kappa shape index (κ3) is 5.03. The number of H-pyrrole nitrogens is 1. The summed E-state index contributed by atoms with van der Waals surface area (Å²) >= 11 is 7.09. The number of carbonyl (C=O) groups excluding carboxylic acids is 1. The number of aromatic amines is 1. The molecule has 0 unspecified atom stereocenters. The lowest BCUT2D eigenvalue weighted by atomic mass is 10.0. The van der Waals surface area contributed by atoms with Gasteiger partial charge in [-0.15, -0.1) is 5.10 Å². The fourth-order valence-corrected chi connectivity index (χ4v) is 4.01. The summed E-state index contributed by atoms with van der Waals surface area (Å²) in [6.07, 6.45) is 0. The van der Waals surface area contributed by atoms with Crippen LogP contribution in [-0.2, 0) is 11.3 Å². The van der Waals surface area contributed by atoms with Gasteiger partial charge in [-0.2, -0.15) is 5.10 Å². The number of nitrogens with one attached hydrogen (secondary N) is 2. The number of hydrogen-bond donors (Lipinski definition) is 2. The van der Waals surface area contributed by atoms with E-state index in [1.54, 1.807) is 18.2 Å². The number of nitrogens with zero attached hydrogens (tertiary/aromatic N) is 3.